The van der Waals surface area contributed by atoms with E-state index in [1.165, 1.54) is 17.0 Å². The van der Waals surface area contributed by atoms with Crippen LogP contribution in [0.4, 0.5) is 4.39 Å². The lowest BCUT2D eigenvalue weighted by Gasteiger charge is -2.32. The first-order chi connectivity index (χ1) is 12.5. The van der Waals surface area contributed by atoms with Crippen molar-refractivity contribution in [3.8, 4) is 0 Å². The molecule has 1 aromatic rings. The zero-order chi connectivity index (χ0) is 20.2. The average molecular weight is 420 g/mol. The van der Waals surface area contributed by atoms with Crippen molar-refractivity contribution in [3.63, 3.8) is 0 Å². The summed E-state index contributed by atoms with van der Waals surface area (Å²) in [4.78, 5) is 13.5. The lowest BCUT2D eigenvalue weighted by molar-refractivity contribution is 0.0703. The number of piperidine rings is 1. The molecule has 150 valence electrons. The van der Waals surface area contributed by atoms with E-state index in [1.54, 1.807) is 0 Å². The number of nitrogens with one attached hydrogen (secondary N) is 2. The van der Waals surface area contributed by atoms with Crippen molar-refractivity contribution in [1.82, 2.24) is 14.3 Å². The number of likely N-dealkylation sites (tertiary alicyclic amines) is 1. The zero-order valence-electron chi connectivity index (χ0n) is 14.8. The molecule has 0 spiro atoms. The molecule has 0 aromatic heterocycles. The molecule has 1 unspecified atom stereocenters. The maximum Gasteiger partial charge on any atom is 0.253 e. The van der Waals surface area contributed by atoms with Crippen molar-refractivity contribution in [1.29, 1.82) is 0 Å². The standard InChI is InChI=1S/C16H22FN3O5S2/c1-3-8-18-27(24,25)15-10-12(6-7-14(15)17)16(21)20-9-4-5-13(11-20)19-26(2,22)23/h3,6-7,10,13,18-19H,1,4-5,8-9,11H2,2H3. The number of hydrogen-bond donors (Lipinski definition) is 2. The third kappa shape index (κ3) is 5.83. The summed E-state index contributed by atoms with van der Waals surface area (Å²) in [7, 11) is -7.54. The summed E-state index contributed by atoms with van der Waals surface area (Å²) in [5.74, 6) is -1.46. The number of benzene rings is 1. The third-order valence-corrected chi connectivity index (χ3v) is 6.17. The van der Waals surface area contributed by atoms with Gasteiger partial charge in [-0.2, -0.15) is 0 Å². The second-order valence-electron chi connectivity index (χ2n) is 6.27. The van der Waals surface area contributed by atoms with E-state index in [-0.39, 0.29) is 18.7 Å². The molecule has 2 N–H and O–H groups in total. The van der Waals surface area contributed by atoms with Crippen LogP contribution in [0.3, 0.4) is 0 Å². The van der Waals surface area contributed by atoms with Crippen LogP contribution in [-0.2, 0) is 20.0 Å². The van der Waals surface area contributed by atoms with E-state index in [0.717, 1.165) is 18.4 Å². The maximum atomic E-state index is 14.0. The summed E-state index contributed by atoms with van der Waals surface area (Å²) in [5.41, 5.74) is 0.00961. The Morgan fingerprint density at radius 3 is 2.70 bits per heavy atom. The highest BCUT2D eigenvalue weighted by atomic mass is 32.2. The largest absolute Gasteiger partial charge is 0.337 e. The van der Waals surface area contributed by atoms with Crippen LogP contribution in [0.2, 0.25) is 0 Å². The van der Waals surface area contributed by atoms with Gasteiger partial charge in [-0.15, -0.1) is 6.58 Å². The Labute approximate surface area is 158 Å². The smallest absolute Gasteiger partial charge is 0.253 e. The summed E-state index contributed by atoms with van der Waals surface area (Å²) in [6.45, 7) is 3.86. The van der Waals surface area contributed by atoms with Crippen molar-refractivity contribution < 1.29 is 26.0 Å². The Morgan fingerprint density at radius 1 is 1.37 bits per heavy atom. The van der Waals surface area contributed by atoms with Gasteiger partial charge in [-0.25, -0.2) is 30.7 Å². The monoisotopic (exact) mass is 419 g/mol. The van der Waals surface area contributed by atoms with Gasteiger partial charge in [-0.3, -0.25) is 4.79 Å². The molecule has 0 bridgehead atoms. The van der Waals surface area contributed by atoms with E-state index < -0.39 is 42.7 Å². The molecule has 1 aliphatic rings. The number of carbonyl (C=O) groups excluding carboxylic acids is 1. The molecule has 1 aliphatic heterocycles. The average Bonchev–Trinajstić information content (AvgIpc) is 2.58. The number of rotatable bonds is 7. The van der Waals surface area contributed by atoms with Crippen LogP contribution >= 0.6 is 0 Å². The molecule has 2 rings (SSSR count). The predicted octanol–water partition coefficient (Wildman–Crippen LogP) is 0.444. The molecule has 8 nitrogen and oxygen atoms in total. The highest BCUT2D eigenvalue weighted by Crippen LogP contribution is 2.20. The minimum absolute atomic E-state index is 0.00961. The van der Waals surface area contributed by atoms with Gasteiger partial charge >= 0.3 is 0 Å². The first kappa shape index (κ1) is 21.5. The van der Waals surface area contributed by atoms with Crippen molar-refractivity contribution in [2.45, 2.75) is 23.8 Å². The second-order valence-corrected chi connectivity index (χ2v) is 9.78. The van der Waals surface area contributed by atoms with E-state index in [1.807, 2.05) is 0 Å². The van der Waals surface area contributed by atoms with Gasteiger partial charge in [0.15, 0.2) is 0 Å². The normalized spacial score (nSPS) is 18.3. The first-order valence-electron chi connectivity index (χ1n) is 8.20. The highest BCUT2D eigenvalue weighted by molar-refractivity contribution is 7.89. The molecule has 0 saturated carbocycles. The Balaban J connectivity index is 2.24. The van der Waals surface area contributed by atoms with Crippen LogP contribution in [0, 0.1) is 5.82 Å². The Bertz CT molecular complexity index is 931. The Morgan fingerprint density at radius 2 is 2.07 bits per heavy atom. The molecule has 1 saturated heterocycles. The topological polar surface area (TPSA) is 113 Å². The number of nitrogens with zero attached hydrogens (tertiary/aromatic N) is 1. The summed E-state index contributed by atoms with van der Waals surface area (Å²) < 4.78 is 65.7. The molecular weight excluding hydrogens is 397 g/mol. The molecule has 0 aliphatic carbocycles. The number of halogens is 1. The summed E-state index contributed by atoms with van der Waals surface area (Å²) in [6.07, 6.45) is 3.53. The second kappa shape index (κ2) is 8.46. The van der Waals surface area contributed by atoms with E-state index >= 15 is 0 Å². The number of amides is 1. The van der Waals surface area contributed by atoms with Crippen molar-refractivity contribution in [2.24, 2.45) is 0 Å². The fourth-order valence-electron chi connectivity index (χ4n) is 2.83. The number of sulfonamides is 2. The fraction of sp³-hybridized carbons (Fsp3) is 0.438. The van der Waals surface area contributed by atoms with E-state index in [4.69, 9.17) is 0 Å². The zero-order valence-corrected chi connectivity index (χ0v) is 16.4. The van der Waals surface area contributed by atoms with E-state index in [0.29, 0.717) is 19.4 Å². The van der Waals surface area contributed by atoms with Crippen molar-refractivity contribution in [3.05, 3.63) is 42.2 Å². The molecular formula is C16H22FN3O5S2. The molecule has 1 aromatic carbocycles. The lowest BCUT2D eigenvalue weighted by atomic mass is 10.1. The summed E-state index contributed by atoms with van der Waals surface area (Å²) in [6, 6.07) is 2.69. The van der Waals surface area contributed by atoms with Gasteiger partial charge in [-0.05, 0) is 31.0 Å². The number of carbonyl (C=O) groups is 1. The maximum absolute atomic E-state index is 14.0. The van der Waals surface area contributed by atoms with Gasteiger partial charge in [0.05, 0.1) is 6.26 Å². The quantitative estimate of drug-likeness (QED) is 0.623. The van der Waals surface area contributed by atoms with Gasteiger partial charge in [0.2, 0.25) is 20.0 Å². The van der Waals surface area contributed by atoms with Crippen LogP contribution in [-0.4, -0.2) is 59.6 Å². The third-order valence-electron chi connectivity index (χ3n) is 3.97. The van der Waals surface area contributed by atoms with Gasteiger partial charge in [0, 0.05) is 31.2 Å². The molecule has 1 amide bonds. The van der Waals surface area contributed by atoms with Crippen LogP contribution in [0.15, 0.2) is 35.7 Å². The van der Waals surface area contributed by atoms with E-state index in [2.05, 4.69) is 16.0 Å². The molecule has 27 heavy (non-hydrogen) atoms. The van der Waals surface area contributed by atoms with Gasteiger partial charge in [0.1, 0.15) is 10.7 Å². The highest BCUT2D eigenvalue weighted by Gasteiger charge is 2.28. The molecule has 1 heterocycles. The SMILES string of the molecule is C=CCNS(=O)(=O)c1cc(C(=O)N2CCCC(NS(C)(=O)=O)C2)ccc1F. The van der Waals surface area contributed by atoms with Crippen LogP contribution in [0.1, 0.15) is 23.2 Å². The molecule has 11 heteroatoms. The lowest BCUT2D eigenvalue weighted by Crippen LogP contribution is -2.49. The van der Waals surface area contributed by atoms with Crippen molar-refractivity contribution >= 4 is 26.0 Å². The molecule has 1 fully saturated rings. The Kier molecular flexibility index (Phi) is 6.73. The minimum Gasteiger partial charge on any atom is -0.337 e. The van der Waals surface area contributed by atoms with Crippen LogP contribution < -0.4 is 9.44 Å². The van der Waals surface area contributed by atoms with Crippen molar-refractivity contribution in [2.75, 3.05) is 25.9 Å². The Hall–Kier alpha value is -1.82. The predicted molar refractivity (Wildman–Crippen MR) is 98.7 cm³/mol. The molecule has 0 radical (unpaired) electrons. The molecule has 1 atom stereocenters. The van der Waals surface area contributed by atoms with Crippen LogP contribution in [0.25, 0.3) is 0 Å². The van der Waals surface area contributed by atoms with Gasteiger partial charge < -0.3 is 4.90 Å². The van der Waals surface area contributed by atoms with Gasteiger partial charge in [0.25, 0.3) is 5.91 Å². The first-order valence-corrected chi connectivity index (χ1v) is 11.6. The number of hydrogen-bond acceptors (Lipinski definition) is 5. The fourth-order valence-corrected chi connectivity index (χ4v) is 4.73. The summed E-state index contributed by atoms with van der Waals surface area (Å²) in [5, 5.41) is 0. The van der Waals surface area contributed by atoms with Gasteiger partial charge in [-0.1, -0.05) is 6.08 Å². The van der Waals surface area contributed by atoms with E-state index in [9.17, 15) is 26.0 Å². The summed E-state index contributed by atoms with van der Waals surface area (Å²) >= 11 is 0. The van der Waals surface area contributed by atoms with Crippen LogP contribution in [0.5, 0.6) is 0 Å². The minimum atomic E-state index is -4.13.